The molecule has 7 unspecified atom stereocenters. The Morgan fingerprint density at radius 2 is 1.53 bits per heavy atom. The Balaban J connectivity index is 2.16. The van der Waals surface area contributed by atoms with Crippen LogP contribution in [-0.2, 0) is 35.2 Å². The molecule has 1 aromatic heterocycles. The molecule has 0 saturated carbocycles. The molecule has 15 heteroatoms. The molecule has 2 heterocycles. The molecule has 0 spiro atoms. The van der Waals surface area contributed by atoms with Crippen LogP contribution in [0, 0.1) is 43.4 Å². The van der Waals surface area contributed by atoms with Crippen molar-refractivity contribution in [2.75, 3.05) is 26.3 Å². The summed E-state index contributed by atoms with van der Waals surface area (Å²) in [7, 11) is 0. The quantitative estimate of drug-likeness (QED) is 0.116. The van der Waals surface area contributed by atoms with E-state index in [2.05, 4.69) is 31.7 Å². The van der Waals surface area contributed by atoms with Gasteiger partial charge in [-0.2, -0.15) is 5.10 Å². The summed E-state index contributed by atoms with van der Waals surface area (Å²) in [6.07, 6.45) is -1.34. The first-order valence-electron chi connectivity index (χ1n) is 18.3. The molecular weight excluding hydrogens is 658 g/mol. The second-order valence-corrected chi connectivity index (χ2v) is 15.2. The number of aliphatic hydroxyl groups excluding tert-OH is 1. The number of ether oxygens (including phenoxy) is 2. The number of aryl methyl sites for hydroxylation is 2. The Kier molecular flexibility index (Phi) is 17.9. The number of amides is 5. The molecule has 15 nitrogen and oxygen atoms in total. The number of alkyl carbamates (subject to hydrolysis) is 1. The van der Waals surface area contributed by atoms with E-state index in [0.29, 0.717) is 26.0 Å². The Hall–Kier alpha value is -3.72. The summed E-state index contributed by atoms with van der Waals surface area (Å²) in [5.74, 6) is -2.81. The predicted octanol–water partition coefficient (Wildman–Crippen LogP) is 1.97. The molecule has 1 aliphatic heterocycles. The van der Waals surface area contributed by atoms with Gasteiger partial charge in [-0.15, -0.1) is 0 Å². The van der Waals surface area contributed by atoms with Crippen molar-refractivity contribution in [1.82, 2.24) is 36.4 Å². The van der Waals surface area contributed by atoms with Crippen molar-refractivity contribution >= 4 is 29.7 Å². The SMILES string of the molecule is Cc1cc(C)n(CC(C)C(=O)NC(CNC(=O)OC2CCOC2)C(=O)NC(CC(C)C)C(O)CC(C)C(=O)NC(C(=O)NCC(C)C)C(C)C)n1. The number of nitrogens with one attached hydrogen (secondary N) is 5. The summed E-state index contributed by atoms with van der Waals surface area (Å²) in [4.78, 5) is 65.7. The number of rotatable bonds is 20. The lowest BCUT2D eigenvalue weighted by Gasteiger charge is -2.30. The fourth-order valence-electron chi connectivity index (χ4n) is 5.69. The average Bonchev–Trinajstić information content (AvgIpc) is 3.67. The average molecular weight is 722 g/mol. The summed E-state index contributed by atoms with van der Waals surface area (Å²) in [6, 6.07) is -0.817. The minimum absolute atomic E-state index is 0.00661. The third kappa shape index (κ3) is 15.2. The van der Waals surface area contributed by atoms with E-state index in [1.807, 2.05) is 61.5 Å². The molecule has 0 bridgehead atoms. The second-order valence-electron chi connectivity index (χ2n) is 15.2. The lowest BCUT2D eigenvalue weighted by atomic mass is 9.91. The van der Waals surface area contributed by atoms with Gasteiger partial charge in [0.1, 0.15) is 18.2 Å². The van der Waals surface area contributed by atoms with E-state index in [9.17, 15) is 29.1 Å². The number of carbonyl (C=O) groups is 5. The van der Waals surface area contributed by atoms with Gasteiger partial charge in [0.25, 0.3) is 0 Å². The van der Waals surface area contributed by atoms with Crippen molar-refractivity contribution in [3.63, 3.8) is 0 Å². The predicted molar refractivity (Wildman–Crippen MR) is 192 cm³/mol. The van der Waals surface area contributed by atoms with Crippen LogP contribution >= 0.6 is 0 Å². The molecule has 1 fully saturated rings. The van der Waals surface area contributed by atoms with Gasteiger partial charge in [-0.3, -0.25) is 23.9 Å². The van der Waals surface area contributed by atoms with Crippen LogP contribution in [0.4, 0.5) is 4.79 Å². The fourth-order valence-corrected chi connectivity index (χ4v) is 5.69. The van der Waals surface area contributed by atoms with Crippen LogP contribution in [0.25, 0.3) is 0 Å². The Labute approximate surface area is 303 Å². The molecule has 51 heavy (non-hydrogen) atoms. The summed E-state index contributed by atoms with van der Waals surface area (Å²) in [5.41, 5.74) is 1.71. The highest BCUT2D eigenvalue weighted by atomic mass is 16.6. The third-order valence-corrected chi connectivity index (χ3v) is 8.73. The summed E-state index contributed by atoms with van der Waals surface area (Å²) in [6.45, 7) is 19.9. The fraction of sp³-hybridized carbons (Fsp3) is 0.778. The molecular formula is C36H63N7O8. The van der Waals surface area contributed by atoms with Crippen LogP contribution in [0.1, 0.15) is 86.0 Å². The first kappa shape index (κ1) is 43.4. The van der Waals surface area contributed by atoms with Crippen LogP contribution in [0.3, 0.4) is 0 Å². The maximum atomic E-state index is 13.8. The molecule has 1 aromatic rings. The van der Waals surface area contributed by atoms with E-state index >= 15 is 0 Å². The zero-order valence-corrected chi connectivity index (χ0v) is 32.2. The van der Waals surface area contributed by atoms with Crippen molar-refractivity contribution < 1.29 is 38.6 Å². The van der Waals surface area contributed by atoms with Gasteiger partial charge in [0.2, 0.25) is 23.6 Å². The number of nitrogens with zero attached hydrogens (tertiary/aromatic N) is 2. The van der Waals surface area contributed by atoms with Gasteiger partial charge in [0.15, 0.2) is 0 Å². The minimum atomic E-state index is -1.20. The van der Waals surface area contributed by atoms with Crippen molar-refractivity contribution in [3.05, 3.63) is 17.5 Å². The molecule has 7 atom stereocenters. The Morgan fingerprint density at radius 3 is 2.08 bits per heavy atom. The van der Waals surface area contributed by atoms with Gasteiger partial charge in [-0.25, -0.2) is 4.79 Å². The molecule has 0 aliphatic carbocycles. The molecule has 0 radical (unpaired) electrons. The van der Waals surface area contributed by atoms with Gasteiger partial charge < -0.3 is 41.2 Å². The van der Waals surface area contributed by atoms with Crippen LogP contribution in [0.2, 0.25) is 0 Å². The summed E-state index contributed by atoms with van der Waals surface area (Å²) < 4.78 is 12.4. The van der Waals surface area contributed by atoms with E-state index in [4.69, 9.17) is 9.47 Å². The van der Waals surface area contributed by atoms with Crippen molar-refractivity contribution in [3.8, 4) is 0 Å². The highest BCUT2D eigenvalue weighted by Crippen LogP contribution is 2.17. The Bertz CT molecular complexity index is 1290. The van der Waals surface area contributed by atoms with Crippen LogP contribution < -0.4 is 26.6 Å². The van der Waals surface area contributed by atoms with E-state index in [0.717, 1.165) is 11.4 Å². The number of carbonyl (C=O) groups excluding carboxylic acids is 5. The van der Waals surface area contributed by atoms with Gasteiger partial charge >= 0.3 is 6.09 Å². The van der Waals surface area contributed by atoms with Crippen molar-refractivity contribution in [2.24, 2.45) is 29.6 Å². The first-order chi connectivity index (χ1) is 23.9. The van der Waals surface area contributed by atoms with Gasteiger partial charge in [0, 0.05) is 24.6 Å². The number of aromatic nitrogens is 2. The highest BCUT2D eigenvalue weighted by Gasteiger charge is 2.33. The van der Waals surface area contributed by atoms with Crippen molar-refractivity contribution in [2.45, 2.75) is 125 Å². The number of hydrogen-bond acceptors (Lipinski definition) is 9. The zero-order chi connectivity index (χ0) is 38.4. The molecule has 0 aromatic carbocycles. The summed E-state index contributed by atoms with van der Waals surface area (Å²) in [5, 5.41) is 29.7. The Morgan fingerprint density at radius 1 is 0.863 bits per heavy atom. The third-order valence-electron chi connectivity index (χ3n) is 8.73. The van der Waals surface area contributed by atoms with Crippen LogP contribution in [-0.4, -0.2) is 101 Å². The lowest BCUT2D eigenvalue weighted by molar-refractivity contribution is -0.133. The van der Waals surface area contributed by atoms with E-state index in [-0.39, 0.29) is 55.7 Å². The van der Waals surface area contributed by atoms with Crippen molar-refractivity contribution in [1.29, 1.82) is 0 Å². The maximum Gasteiger partial charge on any atom is 0.407 e. The van der Waals surface area contributed by atoms with E-state index in [1.165, 1.54) is 0 Å². The van der Waals surface area contributed by atoms with Crippen LogP contribution in [0.5, 0.6) is 0 Å². The number of aliphatic hydroxyl groups is 1. The normalized spacial score (nSPS) is 18.0. The largest absolute Gasteiger partial charge is 0.444 e. The van der Waals surface area contributed by atoms with Gasteiger partial charge in [-0.05, 0) is 50.5 Å². The maximum absolute atomic E-state index is 13.8. The highest BCUT2D eigenvalue weighted by molar-refractivity contribution is 5.90. The monoisotopic (exact) mass is 721 g/mol. The lowest BCUT2D eigenvalue weighted by Crippen LogP contribution is -2.57. The minimum Gasteiger partial charge on any atom is -0.444 e. The van der Waals surface area contributed by atoms with Gasteiger partial charge in [-0.1, -0.05) is 55.4 Å². The van der Waals surface area contributed by atoms with Crippen LogP contribution in [0.15, 0.2) is 6.07 Å². The smallest absolute Gasteiger partial charge is 0.407 e. The first-order valence-corrected chi connectivity index (χ1v) is 18.3. The summed E-state index contributed by atoms with van der Waals surface area (Å²) >= 11 is 0. The van der Waals surface area contributed by atoms with Gasteiger partial charge in [0.05, 0.1) is 50.1 Å². The molecule has 2 rings (SSSR count). The van der Waals surface area contributed by atoms with E-state index < -0.39 is 60.1 Å². The molecule has 1 aliphatic rings. The second kappa shape index (κ2) is 21.0. The number of hydrogen-bond donors (Lipinski definition) is 6. The molecule has 1 saturated heterocycles. The zero-order valence-electron chi connectivity index (χ0n) is 32.2. The van der Waals surface area contributed by atoms with E-state index in [1.54, 1.807) is 18.5 Å². The molecule has 290 valence electrons. The molecule has 5 amide bonds. The standard InChI is InChI=1S/C36H63N7O8/c1-20(2)13-28(30(44)14-23(7)32(45)41-31(22(5)6)35(48)37-16-21(3)4)39-34(47)29(17-38-36(49)51-27-11-12-50-19-27)40-33(46)24(8)18-43-26(10)15-25(9)42-43/h15,20-24,27-31,44H,11-14,16-19H2,1-10H3,(H,37,48)(H,38,49)(H,39,47)(H,40,46)(H,41,45). The molecule has 6 N–H and O–H groups in total. The topological polar surface area (TPSA) is 202 Å².